The predicted molar refractivity (Wildman–Crippen MR) is 89.7 cm³/mol. The van der Waals surface area contributed by atoms with E-state index in [9.17, 15) is 13.6 Å². The molecule has 2 rings (SSSR count). The van der Waals surface area contributed by atoms with E-state index < -0.39 is 5.76 Å². The number of rotatable bonds is 7. The SMILES string of the molecule is CN(CC(=O)Nc1ccccc1SC(F)F)Cc1ccccc1. The highest BCUT2D eigenvalue weighted by molar-refractivity contribution is 7.99. The van der Waals surface area contributed by atoms with Crippen LogP contribution in [0.1, 0.15) is 5.56 Å². The molecule has 0 unspecified atom stereocenters. The second-order valence-electron chi connectivity index (χ2n) is 5.08. The fourth-order valence-electron chi connectivity index (χ4n) is 2.15. The van der Waals surface area contributed by atoms with E-state index in [1.807, 2.05) is 42.3 Å². The average molecular weight is 336 g/mol. The van der Waals surface area contributed by atoms with Gasteiger partial charge in [-0.1, -0.05) is 54.2 Å². The second-order valence-corrected chi connectivity index (χ2v) is 6.11. The van der Waals surface area contributed by atoms with Crippen molar-refractivity contribution in [3.05, 3.63) is 60.2 Å². The molecule has 1 amide bonds. The molecule has 2 aromatic carbocycles. The molecular weight excluding hydrogens is 318 g/mol. The minimum atomic E-state index is -2.52. The fourth-order valence-corrected chi connectivity index (χ4v) is 2.75. The van der Waals surface area contributed by atoms with Gasteiger partial charge in [0.05, 0.1) is 12.2 Å². The maximum Gasteiger partial charge on any atom is 0.288 e. The van der Waals surface area contributed by atoms with E-state index in [0.29, 0.717) is 28.9 Å². The predicted octanol–water partition coefficient (Wildman–Crippen LogP) is 4.07. The van der Waals surface area contributed by atoms with Gasteiger partial charge >= 0.3 is 0 Å². The van der Waals surface area contributed by atoms with Gasteiger partial charge < -0.3 is 5.32 Å². The van der Waals surface area contributed by atoms with Gasteiger partial charge in [0.25, 0.3) is 5.76 Å². The zero-order valence-corrected chi connectivity index (χ0v) is 13.5. The van der Waals surface area contributed by atoms with E-state index in [1.54, 1.807) is 24.3 Å². The molecular formula is C17H18F2N2OS. The van der Waals surface area contributed by atoms with E-state index in [4.69, 9.17) is 0 Å². The highest BCUT2D eigenvalue weighted by Crippen LogP contribution is 2.31. The van der Waals surface area contributed by atoms with Crippen LogP contribution in [0.5, 0.6) is 0 Å². The lowest BCUT2D eigenvalue weighted by Crippen LogP contribution is -2.30. The number of hydrogen-bond acceptors (Lipinski definition) is 3. The van der Waals surface area contributed by atoms with Crippen molar-refractivity contribution in [1.29, 1.82) is 0 Å². The number of carbonyl (C=O) groups excluding carboxylic acids is 1. The van der Waals surface area contributed by atoms with Crippen LogP contribution in [0.15, 0.2) is 59.5 Å². The topological polar surface area (TPSA) is 32.3 Å². The van der Waals surface area contributed by atoms with Crippen LogP contribution in [-0.4, -0.2) is 30.2 Å². The van der Waals surface area contributed by atoms with Gasteiger partial charge in [-0.25, -0.2) is 0 Å². The van der Waals surface area contributed by atoms with Crippen molar-refractivity contribution >= 4 is 23.4 Å². The van der Waals surface area contributed by atoms with Crippen molar-refractivity contribution in [1.82, 2.24) is 4.90 Å². The number of amides is 1. The number of thioether (sulfide) groups is 1. The first-order chi connectivity index (χ1) is 11.0. The first kappa shape index (κ1) is 17.4. The molecule has 0 saturated carbocycles. The third kappa shape index (κ3) is 6.00. The van der Waals surface area contributed by atoms with Gasteiger partial charge in [0, 0.05) is 11.4 Å². The summed E-state index contributed by atoms with van der Waals surface area (Å²) in [4.78, 5) is 14.3. The number of halogens is 2. The molecule has 0 fully saturated rings. The molecule has 0 aliphatic rings. The molecule has 0 saturated heterocycles. The number of likely N-dealkylation sites (N-methyl/N-ethyl adjacent to an activating group) is 1. The Morgan fingerprint density at radius 3 is 2.48 bits per heavy atom. The van der Waals surface area contributed by atoms with E-state index >= 15 is 0 Å². The Hall–Kier alpha value is -1.92. The average Bonchev–Trinajstić information content (AvgIpc) is 2.49. The molecule has 1 N–H and O–H groups in total. The maximum atomic E-state index is 12.5. The molecule has 0 atom stereocenters. The van der Waals surface area contributed by atoms with Crippen molar-refractivity contribution in [3.8, 4) is 0 Å². The second kappa shape index (κ2) is 8.64. The Morgan fingerprint density at radius 2 is 1.78 bits per heavy atom. The summed E-state index contributed by atoms with van der Waals surface area (Å²) in [5.41, 5.74) is 1.52. The minimum Gasteiger partial charge on any atom is -0.324 e. The first-order valence-corrected chi connectivity index (χ1v) is 7.98. The molecule has 0 aromatic heterocycles. The highest BCUT2D eigenvalue weighted by atomic mass is 32.2. The standard InChI is InChI=1S/C17H18F2N2OS/c1-21(11-13-7-3-2-4-8-13)12-16(22)20-14-9-5-6-10-15(14)23-17(18)19/h2-10,17H,11-12H2,1H3,(H,20,22). The Kier molecular flexibility index (Phi) is 6.55. The summed E-state index contributed by atoms with van der Waals surface area (Å²) in [7, 11) is 1.84. The molecule has 6 heteroatoms. The van der Waals surface area contributed by atoms with Crippen molar-refractivity contribution in [2.75, 3.05) is 18.9 Å². The van der Waals surface area contributed by atoms with Crippen LogP contribution in [0.2, 0.25) is 0 Å². The number of anilines is 1. The Balaban J connectivity index is 1.92. The van der Waals surface area contributed by atoms with E-state index in [0.717, 1.165) is 5.56 Å². The molecule has 0 bridgehead atoms. The van der Waals surface area contributed by atoms with E-state index in [1.165, 1.54) is 0 Å². The highest BCUT2D eigenvalue weighted by Gasteiger charge is 2.13. The largest absolute Gasteiger partial charge is 0.324 e. The number of alkyl halides is 2. The minimum absolute atomic E-state index is 0.183. The third-order valence-electron chi connectivity index (χ3n) is 3.09. The number of hydrogen-bond donors (Lipinski definition) is 1. The van der Waals surface area contributed by atoms with Gasteiger partial charge in [0.1, 0.15) is 0 Å². The lowest BCUT2D eigenvalue weighted by molar-refractivity contribution is -0.117. The molecule has 122 valence electrons. The lowest BCUT2D eigenvalue weighted by atomic mass is 10.2. The van der Waals surface area contributed by atoms with Crippen LogP contribution in [0, 0.1) is 0 Å². The molecule has 3 nitrogen and oxygen atoms in total. The van der Waals surface area contributed by atoms with Gasteiger partial charge in [0.15, 0.2) is 0 Å². The Bertz CT molecular complexity index is 638. The molecule has 0 spiro atoms. The quantitative estimate of drug-likeness (QED) is 0.774. The van der Waals surface area contributed by atoms with E-state index in [2.05, 4.69) is 5.32 Å². The van der Waals surface area contributed by atoms with Gasteiger partial charge in [-0.3, -0.25) is 9.69 Å². The summed E-state index contributed by atoms with van der Waals surface area (Å²) in [5.74, 6) is -2.75. The van der Waals surface area contributed by atoms with Gasteiger partial charge in [0.2, 0.25) is 5.91 Å². The Labute approximate surface area is 138 Å². The van der Waals surface area contributed by atoms with Crippen LogP contribution in [0.3, 0.4) is 0 Å². The van der Waals surface area contributed by atoms with E-state index in [-0.39, 0.29) is 12.5 Å². The zero-order valence-electron chi connectivity index (χ0n) is 12.7. The number of benzene rings is 2. The summed E-state index contributed by atoms with van der Waals surface area (Å²) in [6.07, 6.45) is 0. The normalized spacial score (nSPS) is 11.0. The number of para-hydroxylation sites is 1. The summed E-state index contributed by atoms with van der Waals surface area (Å²) in [6.45, 7) is 0.824. The number of carbonyl (C=O) groups is 1. The molecule has 2 aromatic rings. The maximum absolute atomic E-state index is 12.5. The Morgan fingerprint density at radius 1 is 1.13 bits per heavy atom. The summed E-state index contributed by atoms with van der Waals surface area (Å²) < 4.78 is 25.1. The van der Waals surface area contributed by atoms with Gasteiger partial charge in [-0.2, -0.15) is 8.78 Å². The summed E-state index contributed by atoms with van der Waals surface area (Å²) in [6, 6.07) is 16.4. The van der Waals surface area contributed by atoms with Crippen LogP contribution in [0.4, 0.5) is 14.5 Å². The molecule has 0 radical (unpaired) electrons. The monoisotopic (exact) mass is 336 g/mol. The van der Waals surface area contributed by atoms with Crippen molar-refractivity contribution < 1.29 is 13.6 Å². The molecule has 0 aliphatic heterocycles. The summed E-state index contributed by atoms with van der Waals surface area (Å²) >= 11 is 0.427. The van der Waals surface area contributed by atoms with Crippen LogP contribution < -0.4 is 5.32 Å². The number of nitrogens with one attached hydrogen (secondary N) is 1. The molecule has 0 heterocycles. The third-order valence-corrected chi connectivity index (χ3v) is 3.87. The zero-order chi connectivity index (χ0) is 16.7. The smallest absolute Gasteiger partial charge is 0.288 e. The lowest BCUT2D eigenvalue weighted by Gasteiger charge is -2.17. The number of nitrogens with zero attached hydrogens (tertiary/aromatic N) is 1. The molecule has 23 heavy (non-hydrogen) atoms. The van der Waals surface area contributed by atoms with Crippen molar-refractivity contribution in [2.24, 2.45) is 0 Å². The first-order valence-electron chi connectivity index (χ1n) is 7.11. The van der Waals surface area contributed by atoms with Crippen LogP contribution >= 0.6 is 11.8 Å². The van der Waals surface area contributed by atoms with Gasteiger partial charge in [-0.05, 0) is 24.7 Å². The van der Waals surface area contributed by atoms with Crippen LogP contribution in [0.25, 0.3) is 0 Å². The van der Waals surface area contributed by atoms with Crippen molar-refractivity contribution in [3.63, 3.8) is 0 Å². The van der Waals surface area contributed by atoms with Crippen molar-refractivity contribution in [2.45, 2.75) is 17.2 Å². The fraction of sp³-hybridized carbons (Fsp3) is 0.235. The summed E-state index contributed by atoms with van der Waals surface area (Å²) in [5, 5.41) is 2.70. The molecule has 0 aliphatic carbocycles. The van der Waals surface area contributed by atoms with Gasteiger partial charge in [-0.15, -0.1) is 0 Å². The van der Waals surface area contributed by atoms with Crippen LogP contribution in [-0.2, 0) is 11.3 Å².